The van der Waals surface area contributed by atoms with Crippen LogP contribution >= 0.6 is 0 Å². The number of nitrogens with zero attached hydrogens (tertiary/aromatic N) is 2. The Balaban J connectivity index is 2.39. The van der Waals surface area contributed by atoms with Gasteiger partial charge in [-0.05, 0) is 25.8 Å². The van der Waals surface area contributed by atoms with E-state index >= 15 is 0 Å². The van der Waals surface area contributed by atoms with Crippen molar-refractivity contribution < 1.29 is 0 Å². The molecule has 0 spiro atoms. The zero-order chi connectivity index (χ0) is 11.5. The van der Waals surface area contributed by atoms with E-state index in [2.05, 4.69) is 34.3 Å². The van der Waals surface area contributed by atoms with E-state index in [1.807, 2.05) is 13.0 Å². The van der Waals surface area contributed by atoms with Gasteiger partial charge in [-0.25, -0.2) is 4.98 Å². The first-order chi connectivity index (χ1) is 7.76. The van der Waals surface area contributed by atoms with Gasteiger partial charge in [-0.2, -0.15) is 5.10 Å². The summed E-state index contributed by atoms with van der Waals surface area (Å²) in [4.78, 5) is 4.40. The molecule has 16 heavy (non-hydrogen) atoms. The Hall–Kier alpha value is -1.58. The highest BCUT2D eigenvalue weighted by Crippen LogP contribution is 2.23. The molecule has 4 nitrogen and oxygen atoms in total. The lowest BCUT2D eigenvalue weighted by Gasteiger charge is -2.15. The monoisotopic (exact) mass is 218 g/mol. The highest BCUT2D eigenvalue weighted by Gasteiger charge is 2.10. The number of nitrogens with one attached hydrogen (secondary N) is 2. The smallest absolute Gasteiger partial charge is 0.137 e. The second-order valence-corrected chi connectivity index (χ2v) is 4.06. The molecule has 2 rings (SSSR count). The summed E-state index contributed by atoms with van der Waals surface area (Å²) in [5.74, 6) is 0.942. The Kier molecular flexibility index (Phi) is 3.08. The van der Waals surface area contributed by atoms with Gasteiger partial charge in [0, 0.05) is 17.9 Å². The third-order valence-corrected chi connectivity index (χ3v) is 2.97. The van der Waals surface area contributed by atoms with Crippen molar-refractivity contribution in [1.29, 1.82) is 0 Å². The quantitative estimate of drug-likeness (QED) is 0.829. The normalized spacial score (nSPS) is 11.2. The minimum Gasteiger partial charge on any atom is -0.367 e. The van der Waals surface area contributed by atoms with Gasteiger partial charge < -0.3 is 5.32 Å². The summed E-state index contributed by atoms with van der Waals surface area (Å²) in [6, 6.07) is 2.41. The zero-order valence-corrected chi connectivity index (χ0v) is 10.0. The summed E-state index contributed by atoms with van der Waals surface area (Å²) in [6.07, 6.45) is 4.00. The van der Waals surface area contributed by atoms with Gasteiger partial charge in [-0.1, -0.05) is 13.8 Å². The lowest BCUT2D eigenvalue weighted by atomic mass is 10.1. The predicted octanol–water partition coefficient (Wildman–Crippen LogP) is 2.87. The minimum absolute atomic E-state index is 0.479. The van der Waals surface area contributed by atoms with Crippen molar-refractivity contribution in [2.75, 3.05) is 5.32 Å². The Morgan fingerprint density at radius 2 is 2.12 bits per heavy atom. The van der Waals surface area contributed by atoms with Crippen LogP contribution in [0.2, 0.25) is 0 Å². The van der Waals surface area contributed by atoms with Gasteiger partial charge in [0.05, 0.1) is 10.9 Å². The van der Waals surface area contributed by atoms with Gasteiger partial charge in [-0.15, -0.1) is 0 Å². The van der Waals surface area contributed by atoms with Gasteiger partial charge in [0.2, 0.25) is 0 Å². The van der Waals surface area contributed by atoms with Gasteiger partial charge in [0.15, 0.2) is 0 Å². The number of fused-ring (bicyclic) bond motifs is 1. The molecular weight excluding hydrogens is 200 g/mol. The van der Waals surface area contributed by atoms with Crippen LogP contribution in [-0.4, -0.2) is 21.2 Å². The van der Waals surface area contributed by atoms with Crippen molar-refractivity contribution in [2.45, 2.75) is 39.7 Å². The molecule has 2 aromatic heterocycles. The number of aryl methyl sites for hydroxylation is 1. The van der Waals surface area contributed by atoms with E-state index in [-0.39, 0.29) is 0 Å². The molecule has 2 aromatic rings. The molecule has 0 aliphatic rings. The molecule has 0 unspecified atom stereocenters. The first-order valence-corrected chi connectivity index (χ1v) is 5.82. The van der Waals surface area contributed by atoms with Gasteiger partial charge in [0.1, 0.15) is 5.82 Å². The molecule has 2 N–H and O–H groups in total. The summed E-state index contributed by atoms with van der Waals surface area (Å²) in [5.41, 5.74) is 2.04. The number of aromatic amines is 1. The molecule has 0 aromatic carbocycles. The first-order valence-electron chi connectivity index (χ1n) is 5.82. The largest absolute Gasteiger partial charge is 0.367 e. The van der Waals surface area contributed by atoms with Crippen LogP contribution in [0.3, 0.4) is 0 Å². The van der Waals surface area contributed by atoms with E-state index in [0.717, 1.165) is 35.3 Å². The fourth-order valence-corrected chi connectivity index (χ4v) is 1.91. The maximum Gasteiger partial charge on any atom is 0.137 e. The van der Waals surface area contributed by atoms with Crippen molar-refractivity contribution in [2.24, 2.45) is 0 Å². The Morgan fingerprint density at radius 1 is 1.38 bits per heavy atom. The molecule has 4 heteroatoms. The fourth-order valence-electron chi connectivity index (χ4n) is 1.91. The molecule has 2 heterocycles. The molecular formula is C12H18N4. The summed E-state index contributed by atoms with van der Waals surface area (Å²) < 4.78 is 0. The maximum absolute atomic E-state index is 4.40. The zero-order valence-electron chi connectivity index (χ0n) is 10.0. The lowest BCUT2D eigenvalue weighted by Crippen LogP contribution is -2.17. The van der Waals surface area contributed by atoms with Crippen molar-refractivity contribution in [1.82, 2.24) is 15.2 Å². The van der Waals surface area contributed by atoms with Crippen molar-refractivity contribution in [3.05, 3.63) is 18.0 Å². The van der Waals surface area contributed by atoms with Crippen LogP contribution in [0.5, 0.6) is 0 Å². The number of hydrogen-bond donors (Lipinski definition) is 2. The highest BCUT2D eigenvalue weighted by atomic mass is 15.1. The van der Waals surface area contributed by atoms with E-state index in [1.54, 1.807) is 6.20 Å². The van der Waals surface area contributed by atoms with Crippen LogP contribution < -0.4 is 5.32 Å². The molecule has 0 bridgehead atoms. The Bertz CT molecular complexity index is 471. The van der Waals surface area contributed by atoms with Gasteiger partial charge in [0.25, 0.3) is 0 Å². The van der Waals surface area contributed by atoms with E-state index in [9.17, 15) is 0 Å². The van der Waals surface area contributed by atoms with Crippen LogP contribution in [0, 0.1) is 6.92 Å². The Labute approximate surface area is 95.5 Å². The summed E-state index contributed by atoms with van der Waals surface area (Å²) >= 11 is 0. The molecule has 0 amide bonds. The second-order valence-electron chi connectivity index (χ2n) is 4.06. The maximum atomic E-state index is 4.40. The number of rotatable bonds is 4. The van der Waals surface area contributed by atoms with Crippen LogP contribution in [0.15, 0.2) is 12.3 Å². The van der Waals surface area contributed by atoms with E-state index < -0.39 is 0 Å². The molecule has 0 aliphatic carbocycles. The second kappa shape index (κ2) is 4.51. The third-order valence-electron chi connectivity index (χ3n) is 2.97. The van der Waals surface area contributed by atoms with Crippen LogP contribution in [-0.2, 0) is 0 Å². The number of aromatic nitrogens is 3. The van der Waals surface area contributed by atoms with Crippen molar-refractivity contribution in [3.8, 4) is 0 Å². The standard InChI is InChI=1S/C12H18N4/c1-4-9(5-2)14-12-11-8(3)15-16-10(11)6-7-13-12/h6-7,9H,4-5H2,1-3H3,(H,13,14)(H,15,16). The average molecular weight is 218 g/mol. The van der Waals surface area contributed by atoms with E-state index in [4.69, 9.17) is 0 Å². The number of anilines is 1. The summed E-state index contributed by atoms with van der Waals surface area (Å²) in [7, 11) is 0. The van der Waals surface area contributed by atoms with E-state index in [0.29, 0.717) is 6.04 Å². The summed E-state index contributed by atoms with van der Waals surface area (Å²) in [6.45, 7) is 6.39. The van der Waals surface area contributed by atoms with Crippen LogP contribution in [0.25, 0.3) is 10.9 Å². The minimum atomic E-state index is 0.479. The fraction of sp³-hybridized carbons (Fsp3) is 0.500. The molecule has 0 radical (unpaired) electrons. The van der Waals surface area contributed by atoms with Crippen molar-refractivity contribution >= 4 is 16.7 Å². The molecule has 0 fully saturated rings. The first kappa shape index (κ1) is 10.9. The predicted molar refractivity (Wildman–Crippen MR) is 66.6 cm³/mol. The lowest BCUT2D eigenvalue weighted by molar-refractivity contribution is 0.669. The third kappa shape index (κ3) is 1.87. The molecule has 0 saturated heterocycles. The van der Waals surface area contributed by atoms with E-state index in [1.165, 1.54) is 0 Å². The topological polar surface area (TPSA) is 53.6 Å². The highest BCUT2D eigenvalue weighted by molar-refractivity contribution is 5.91. The number of pyridine rings is 1. The number of hydrogen-bond acceptors (Lipinski definition) is 3. The molecule has 0 atom stereocenters. The molecule has 86 valence electrons. The van der Waals surface area contributed by atoms with Crippen molar-refractivity contribution in [3.63, 3.8) is 0 Å². The van der Waals surface area contributed by atoms with Gasteiger partial charge >= 0.3 is 0 Å². The van der Waals surface area contributed by atoms with Crippen LogP contribution in [0.1, 0.15) is 32.4 Å². The number of H-pyrrole nitrogens is 1. The molecule has 0 aliphatic heterocycles. The molecule has 0 saturated carbocycles. The SMILES string of the molecule is CCC(CC)Nc1nccc2n[nH]c(C)c12. The van der Waals surface area contributed by atoms with Crippen LogP contribution in [0.4, 0.5) is 5.82 Å². The summed E-state index contributed by atoms with van der Waals surface area (Å²) in [5, 5.41) is 11.8. The average Bonchev–Trinajstić information content (AvgIpc) is 2.69. The van der Waals surface area contributed by atoms with Gasteiger partial charge in [-0.3, -0.25) is 5.10 Å². The Morgan fingerprint density at radius 3 is 2.81 bits per heavy atom.